The van der Waals surface area contributed by atoms with E-state index in [0.717, 1.165) is 26.4 Å². The van der Waals surface area contributed by atoms with Crippen molar-refractivity contribution in [2.24, 2.45) is 0 Å². The largest absolute Gasteiger partial charge is 0.333 e. The number of benzene rings is 1. The highest BCUT2D eigenvalue weighted by atomic mass is 79.9. The van der Waals surface area contributed by atoms with Crippen LogP contribution >= 0.6 is 27.7 Å². The van der Waals surface area contributed by atoms with Gasteiger partial charge in [0.2, 0.25) is 0 Å². The van der Waals surface area contributed by atoms with Gasteiger partial charge in [0.25, 0.3) is 0 Å². The van der Waals surface area contributed by atoms with Crippen LogP contribution in [-0.4, -0.2) is 15.7 Å². The number of hydrogen-bond donors (Lipinski definition) is 1. The maximum absolute atomic E-state index is 4.43. The van der Waals surface area contributed by atoms with Gasteiger partial charge >= 0.3 is 0 Å². The van der Waals surface area contributed by atoms with Crippen LogP contribution in [0.5, 0.6) is 0 Å². The van der Waals surface area contributed by atoms with Gasteiger partial charge in [0.05, 0.1) is 11.0 Å². The summed E-state index contributed by atoms with van der Waals surface area (Å²) >= 11 is 5.08. The van der Waals surface area contributed by atoms with Crippen LogP contribution < -0.4 is 0 Å². The minimum Gasteiger partial charge on any atom is -0.333 e. The van der Waals surface area contributed by atoms with Gasteiger partial charge in [-0.3, -0.25) is 0 Å². The van der Waals surface area contributed by atoms with E-state index in [2.05, 4.69) is 32.5 Å². The summed E-state index contributed by atoms with van der Waals surface area (Å²) < 4.78 is 1.06. The fraction of sp³-hybridized carbons (Fsp3) is 0.100. The van der Waals surface area contributed by atoms with Gasteiger partial charge in [-0.2, -0.15) is 0 Å². The van der Waals surface area contributed by atoms with E-state index in [-0.39, 0.29) is 0 Å². The normalized spacial score (nSPS) is 10.6. The first-order chi connectivity index (χ1) is 6.79. The van der Waals surface area contributed by atoms with Crippen LogP contribution in [0.15, 0.2) is 40.5 Å². The minimum absolute atomic E-state index is 0.876. The molecule has 0 aliphatic carbocycles. The van der Waals surface area contributed by atoms with Crippen LogP contribution in [0.4, 0.5) is 0 Å². The molecule has 14 heavy (non-hydrogen) atoms. The lowest BCUT2D eigenvalue weighted by atomic mass is 10.3. The summed E-state index contributed by atoms with van der Waals surface area (Å²) in [6, 6.07) is 6.01. The van der Waals surface area contributed by atoms with Gasteiger partial charge in [-0.1, -0.05) is 33.8 Å². The predicted molar refractivity (Wildman–Crippen MR) is 64.7 cm³/mol. The number of nitrogens with zero attached hydrogens (tertiary/aromatic N) is 1. The Morgan fingerprint density at radius 3 is 3.21 bits per heavy atom. The maximum atomic E-state index is 4.43. The molecule has 0 saturated heterocycles. The topological polar surface area (TPSA) is 28.7 Å². The van der Waals surface area contributed by atoms with Crippen LogP contribution in [0.25, 0.3) is 11.0 Å². The molecule has 2 nitrogen and oxygen atoms in total. The lowest BCUT2D eigenvalue weighted by Gasteiger charge is -1.88. The van der Waals surface area contributed by atoms with E-state index < -0.39 is 0 Å². The average Bonchev–Trinajstić information content (AvgIpc) is 2.56. The molecule has 72 valence electrons. The van der Waals surface area contributed by atoms with Crippen molar-refractivity contribution in [3.63, 3.8) is 0 Å². The van der Waals surface area contributed by atoms with Crippen LogP contribution in [-0.2, 0) is 0 Å². The summed E-state index contributed by atoms with van der Waals surface area (Å²) in [5, 5.41) is 0.943. The molecule has 0 spiro atoms. The van der Waals surface area contributed by atoms with E-state index in [1.165, 1.54) is 0 Å². The standard InChI is InChI=1S/C10H9BrN2S/c1-2-5-14-10-12-8-4-3-7(11)6-9(8)13-10/h2-4,6H,1,5H2,(H,12,13). The number of thioether (sulfide) groups is 1. The molecule has 1 heterocycles. The first-order valence-corrected chi connectivity index (χ1v) is 5.96. The molecule has 0 fully saturated rings. The van der Waals surface area contributed by atoms with Gasteiger partial charge in [-0.25, -0.2) is 4.98 Å². The molecule has 0 radical (unpaired) electrons. The number of H-pyrrole nitrogens is 1. The average molecular weight is 269 g/mol. The molecule has 0 atom stereocenters. The molecule has 1 N–H and O–H groups in total. The molecular formula is C10H9BrN2S. The van der Waals surface area contributed by atoms with Gasteiger partial charge in [0, 0.05) is 10.2 Å². The van der Waals surface area contributed by atoms with E-state index in [4.69, 9.17) is 0 Å². The van der Waals surface area contributed by atoms with E-state index >= 15 is 0 Å². The summed E-state index contributed by atoms with van der Waals surface area (Å²) in [7, 11) is 0. The van der Waals surface area contributed by atoms with Gasteiger partial charge in [0.15, 0.2) is 5.16 Å². The predicted octanol–water partition coefficient (Wildman–Crippen LogP) is 3.60. The highest BCUT2D eigenvalue weighted by molar-refractivity contribution is 9.10. The number of fused-ring (bicyclic) bond motifs is 1. The second-order valence-electron chi connectivity index (χ2n) is 2.80. The number of aromatic amines is 1. The number of hydrogen-bond acceptors (Lipinski definition) is 2. The number of nitrogens with one attached hydrogen (secondary N) is 1. The van der Waals surface area contributed by atoms with Gasteiger partial charge in [0.1, 0.15) is 0 Å². The van der Waals surface area contributed by atoms with E-state index in [9.17, 15) is 0 Å². The lowest BCUT2D eigenvalue weighted by Crippen LogP contribution is -1.74. The Kier molecular flexibility index (Phi) is 2.93. The van der Waals surface area contributed by atoms with Crippen LogP contribution in [0.2, 0.25) is 0 Å². The molecule has 2 aromatic rings. The second-order valence-corrected chi connectivity index (χ2v) is 4.73. The Morgan fingerprint density at radius 1 is 1.57 bits per heavy atom. The van der Waals surface area contributed by atoms with Crippen molar-refractivity contribution in [3.05, 3.63) is 35.3 Å². The van der Waals surface area contributed by atoms with E-state index in [1.54, 1.807) is 11.8 Å². The monoisotopic (exact) mass is 268 g/mol. The van der Waals surface area contributed by atoms with E-state index in [1.807, 2.05) is 24.3 Å². The quantitative estimate of drug-likeness (QED) is 0.681. The fourth-order valence-electron chi connectivity index (χ4n) is 1.16. The van der Waals surface area contributed by atoms with Gasteiger partial charge in [-0.15, -0.1) is 6.58 Å². The third-order valence-corrected chi connectivity index (χ3v) is 3.12. The molecule has 0 amide bonds. The van der Waals surface area contributed by atoms with Crippen LogP contribution in [0.3, 0.4) is 0 Å². The molecule has 0 aliphatic rings. The Morgan fingerprint density at radius 2 is 2.43 bits per heavy atom. The summed E-state index contributed by atoms with van der Waals surface area (Å²) in [5.41, 5.74) is 2.06. The highest BCUT2D eigenvalue weighted by Crippen LogP contribution is 2.22. The van der Waals surface area contributed by atoms with Crippen molar-refractivity contribution in [1.82, 2.24) is 9.97 Å². The Balaban J connectivity index is 2.36. The smallest absolute Gasteiger partial charge is 0.166 e. The fourth-order valence-corrected chi connectivity index (χ4v) is 2.15. The minimum atomic E-state index is 0.876. The van der Waals surface area contributed by atoms with Crippen LogP contribution in [0.1, 0.15) is 0 Å². The molecule has 2 rings (SSSR count). The summed E-state index contributed by atoms with van der Waals surface area (Å²) in [6.07, 6.45) is 1.87. The Labute approximate surface area is 94.9 Å². The second kappa shape index (κ2) is 4.19. The highest BCUT2D eigenvalue weighted by Gasteiger charge is 2.02. The first-order valence-electron chi connectivity index (χ1n) is 4.18. The zero-order valence-corrected chi connectivity index (χ0v) is 9.86. The van der Waals surface area contributed by atoms with Crippen molar-refractivity contribution in [2.45, 2.75) is 5.16 Å². The van der Waals surface area contributed by atoms with Crippen molar-refractivity contribution >= 4 is 38.7 Å². The summed E-state index contributed by atoms with van der Waals surface area (Å²) in [5.74, 6) is 0.876. The zero-order valence-electron chi connectivity index (χ0n) is 7.46. The van der Waals surface area contributed by atoms with Crippen molar-refractivity contribution in [2.75, 3.05) is 5.75 Å². The SMILES string of the molecule is C=CCSc1nc2ccc(Br)cc2[nH]1. The van der Waals surface area contributed by atoms with Crippen molar-refractivity contribution in [3.8, 4) is 0 Å². The van der Waals surface area contributed by atoms with Crippen LogP contribution in [0, 0.1) is 0 Å². The Bertz CT molecular complexity index is 464. The van der Waals surface area contributed by atoms with Gasteiger partial charge < -0.3 is 4.98 Å². The molecule has 0 saturated carbocycles. The number of rotatable bonds is 3. The number of aromatic nitrogens is 2. The molecule has 0 aliphatic heterocycles. The van der Waals surface area contributed by atoms with Gasteiger partial charge in [-0.05, 0) is 18.2 Å². The summed E-state index contributed by atoms with van der Waals surface area (Å²) in [6.45, 7) is 3.67. The Hall–Kier alpha value is -0.740. The molecular weight excluding hydrogens is 260 g/mol. The first kappa shape index (κ1) is 9.80. The van der Waals surface area contributed by atoms with E-state index in [0.29, 0.717) is 0 Å². The number of imidazole rings is 1. The molecule has 4 heteroatoms. The molecule has 0 unspecified atom stereocenters. The lowest BCUT2D eigenvalue weighted by molar-refractivity contribution is 1.08. The number of halogens is 1. The summed E-state index contributed by atoms with van der Waals surface area (Å²) in [4.78, 5) is 7.68. The van der Waals surface area contributed by atoms with Crippen molar-refractivity contribution in [1.29, 1.82) is 0 Å². The maximum Gasteiger partial charge on any atom is 0.166 e. The third-order valence-electron chi connectivity index (χ3n) is 1.76. The zero-order chi connectivity index (χ0) is 9.97. The molecule has 1 aromatic heterocycles. The van der Waals surface area contributed by atoms with Crippen molar-refractivity contribution < 1.29 is 0 Å². The molecule has 1 aromatic carbocycles. The third kappa shape index (κ3) is 2.01. The molecule has 0 bridgehead atoms.